The molecule has 1 aliphatic rings. The fourth-order valence-electron chi connectivity index (χ4n) is 2.70. The summed E-state index contributed by atoms with van der Waals surface area (Å²) in [6, 6.07) is 11.1. The predicted molar refractivity (Wildman–Crippen MR) is 84.6 cm³/mol. The average Bonchev–Trinajstić information content (AvgIpc) is 3.15. The highest BCUT2D eigenvalue weighted by Gasteiger charge is 2.31. The van der Waals surface area contributed by atoms with Crippen LogP contribution in [0.1, 0.15) is 12.1 Å². The summed E-state index contributed by atoms with van der Waals surface area (Å²) in [5.41, 5.74) is 1.81. The van der Waals surface area contributed by atoms with Gasteiger partial charge in [-0.25, -0.2) is 9.48 Å². The molecule has 1 aromatic heterocycles. The Labute approximate surface area is 133 Å². The molecule has 1 aliphatic heterocycles. The average molecular weight is 314 g/mol. The number of urea groups is 1. The minimum Gasteiger partial charge on any atom is -0.481 e. The van der Waals surface area contributed by atoms with Gasteiger partial charge in [-0.1, -0.05) is 18.2 Å². The number of nitrogens with zero attached hydrogens (tertiary/aromatic N) is 3. The maximum atomic E-state index is 12.2. The number of para-hydroxylation sites is 1. The van der Waals surface area contributed by atoms with Crippen LogP contribution in [0.15, 0.2) is 36.4 Å². The molecule has 2 amide bonds. The van der Waals surface area contributed by atoms with Crippen molar-refractivity contribution in [2.45, 2.75) is 13.3 Å². The molecule has 0 bridgehead atoms. The summed E-state index contributed by atoms with van der Waals surface area (Å²) >= 11 is 0. The number of likely N-dealkylation sites (tertiary alicyclic amines) is 1. The molecule has 120 valence electrons. The summed E-state index contributed by atoms with van der Waals surface area (Å²) in [5, 5.41) is 16.1. The van der Waals surface area contributed by atoms with E-state index in [0.29, 0.717) is 18.8 Å². The maximum Gasteiger partial charge on any atom is 0.323 e. The third-order valence-corrected chi connectivity index (χ3v) is 3.95. The van der Waals surface area contributed by atoms with Crippen molar-refractivity contribution in [3.63, 3.8) is 0 Å². The number of hydrogen-bond donors (Lipinski definition) is 2. The number of anilines is 1. The van der Waals surface area contributed by atoms with E-state index in [0.717, 1.165) is 11.4 Å². The Morgan fingerprint density at radius 3 is 2.70 bits per heavy atom. The number of benzene rings is 1. The fraction of sp³-hybridized carbons (Fsp3) is 0.312. The van der Waals surface area contributed by atoms with Gasteiger partial charge in [-0.15, -0.1) is 5.10 Å². The number of aryl methyl sites for hydroxylation is 1. The van der Waals surface area contributed by atoms with Crippen LogP contribution >= 0.6 is 0 Å². The van der Waals surface area contributed by atoms with E-state index in [2.05, 4.69) is 10.4 Å². The summed E-state index contributed by atoms with van der Waals surface area (Å²) in [6.45, 7) is 2.59. The first-order valence-electron chi connectivity index (χ1n) is 7.45. The summed E-state index contributed by atoms with van der Waals surface area (Å²) < 4.78 is 1.75. The van der Waals surface area contributed by atoms with Crippen LogP contribution < -0.4 is 5.32 Å². The molecule has 0 radical (unpaired) electrons. The van der Waals surface area contributed by atoms with Crippen molar-refractivity contribution in [1.29, 1.82) is 0 Å². The Morgan fingerprint density at radius 1 is 1.30 bits per heavy atom. The zero-order chi connectivity index (χ0) is 16.4. The third-order valence-electron chi connectivity index (χ3n) is 3.95. The van der Waals surface area contributed by atoms with Crippen molar-refractivity contribution in [1.82, 2.24) is 14.7 Å². The number of aromatic nitrogens is 2. The monoisotopic (exact) mass is 314 g/mol. The fourth-order valence-corrected chi connectivity index (χ4v) is 2.70. The zero-order valence-corrected chi connectivity index (χ0v) is 12.8. The highest BCUT2D eigenvalue weighted by molar-refractivity contribution is 5.89. The Morgan fingerprint density at radius 2 is 2.04 bits per heavy atom. The number of carbonyl (C=O) groups is 2. The Hall–Kier alpha value is -2.83. The second-order valence-electron chi connectivity index (χ2n) is 5.62. The first kappa shape index (κ1) is 15.1. The zero-order valence-electron chi connectivity index (χ0n) is 12.8. The summed E-state index contributed by atoms with van der Waals surface area (Å²) in [4.78, 5) is 24.7. The van der Waals surface area contributed by atoms with Crippen molar-refractivity contribution < 1.29 is 14.7 Å². The molecular weight excluding hydrogens is 296 g/mol. The van der Waals surface area contributed by atoms with Gasteiger partial charge in [0.1, 0.15) is 0 Å². The molecule has 7 heteroatoms. The lowest BCUT2D eigenvalue weighted by Crippen LogP contribution is -2.33. The van der Waals surface area contributed by atoms with Crippen molar-refractivity contribution in [3.05, 3.63) is 42.1 Å². The van der Waals surface area contributed by atoms with Gasteiger partial charge in [0.2, 0.25) is 0 Å². The standard InChI is InChI=1S/C16H18N4O3/c1-11-9-14(18-20(11)13-5-3-2-4-6-13)17-16(23)19-8-7-12(10-19)15(21)22/h2-6,9,12H,7-8,10H2,1H3,(H,21,22)(H,17,18,23). The van der Waals surface area contributed by atoms with Crippen LogP contribution in [-0.2, 0) is 4.79 Å². The van der Waals surface area contributed by atoms with Crippen molar-refractivity contribution >= 4 is 17.8 Å². The number of rotatable bonds is 3. The number of carboxylic acids is 1. The number of amides is 2. The van der Waals surface area contributed by atoms with E-state index in [4.69, 9.17) is 5.11 Å². The van der Waals surface area contributed by atoms with E-state index >= 15 is 0 Å². The van der Waals surface area contributed by atoms with E-state index in [1.165, 1.54) is 4.90 Å². The van der Waals surface area contributed by atoms with Gasteiger partial charge < -0.3 is 10.0 Å². The van der Waals surface area contributed by atoms with Gasteiger partial charge >= 0.3 is 12.0 Å². The van der Waals surface area contributed by atoms with Crippen LogP contribution in [0.25, 0.3) is 5.69 Å². The van der Waals surface area contributed by atoms with Crippen molar-refractivity contribution in [2.24, 2.45) is 5.92 Å². The van der Waals surface area contributed by atoms with Crippen LogP contribution in [0.5, 0.6) is 0 Å². The smallest absolute Gasteiger partial charge is 0.323 e. The quantitative estimate of drug-likeness (QED) is 0.908. The molecule has 2 N–H and O–H groups in total. The number of hydrogen-bond acceptors (Lipinski definition) is 3. The molecule has 2 aromatic rings. The van der Waals surface area contributed by atoms with Gasteiger partial charge in [-0.2, -0.15) is 0 Å². The topological polar surface area (TPSA) is 87.5 Å². The molecule has 2 heterocycles. The molecule has 1 atom stereocenters. The van der Waals surface area contributed by atoms with Crippen molar-refractivity contribution in [3.8, 4) is 5.69 Å². The van der Waals surface area contributed by atoms with Crippen LogP contribution in [0.4, 0.5) is 10.6 Å². The van der Waals surface area contributed by atoms with Gasteiger partial charge in [-0.3, -0.25) is 10.1 Å². The molecule has 0 aliphatic carbocycles. The molecule has 23 heavy (non-hydrogen) atoms. The van der Waals surface area contributed by atoms with Crippen LogP contribution in [-0.4, -0.2) is 44.9 Å². The van der Waals surface area contributed by atoms with Gasteiger partial charge in [0.05, 0.1) is 11.6 Å². The lowest BCUT2D eigenvalue weighted by Gasteiger charge is -2.15. The van der Waals surface area contributed by atoms with E-state index < -0.39 is 11.9 Å². The van der Waals surface area contributed by atoms with E-state index in [1.54, 1.807) is 10.7 Å². The number of aliphatic carboxylic acids is 1. The Balaban J connectivity index is 1.69. The van der Waals surface area contributed by atoms with Crippen molar-refractivity contribution in [2.75, 3.05) is 18.4 Å². The van der Waals surface area contributed by atoms with Crippen LogP contribution in [0.3, 0.4) is 0 Å². The molecular formula is C16H18N4O3. The molecule has 0 saturated carbocycles. The molecule has 1 unspecified atom stereocenters. The van der Waals surface area contributed by atoms with Crippen LogP contribution in [0.2, 0.25) is 0 Å². The second kappa shape index (κ2) is 6.12. The molecule has 3 rings (SSSR count). The normalized spacial score (nSPS) is 17.3. The third kappa shape index (κ3) is 3.18. The molecule has 7 nitrogen and oxygen atoms in total. The lowest BCUT2D eigenvalue weighted by atomic mass is 10.1. The number of nitrogens with one attached hydrogen (secondary N) is 1. The van der Waals surface area contributed by atoms with Gasteiger partial charge in [0.15, 0.2) is 5.82 Å². The van der Waals surface area contributed by atoms with Gasteiger partial charge in [-0.05, 0) is 25.5 Å². The first-order valence-corrected chi connectivity index (χ1v) is 7.45. The summed E-state index contributed by atoms with van der Waals surface area (Å²) in [5.74, 6) is -0.885. The molecule has 0 spiro atoms. The van der Waals surface area contributed by atoms with E-state index in [1.807, 2.05) is 37.3 Å². The Kier molecular flexibility index (Phi) is 4.01. The number of carbonyl (C=O) groups excluding carboxylic acids is 1. The summed E-state index contributed by atoms with van der Waals surface area (Å²) in [7, 11) is 0. The highest BCUT2D eigenvalue weighted by atomic mass is 16.4. The minimum atomic E-state index is -0.857. The molecule has 1 aromatic carbocycles. The first-order chi connectivity index (χ1) is 11.0. The molecule has 1 fully saturated rings. The molecule has 1 saturated heterocycles. The predicted octanol–water partition coefficient (Wildman–Crippen LogP) is 2.12. The van der Waals surface area contributed by atoms with E-state index in [9.17, 15) is 9.59 Å². The lowest BCUT2D eigenvalue weighted by molar-refractivity contribution is -0.141. The second-order valence-corrected chi connectivity index (χ2v) is 5.62. The summed E-state index contributed by atoms with van der Waals surface area (Å²) in [6.07, 6.45) is 0.486. The van der Waals surface area contributed by atoms with Crippen LogP contribution in [0, 0.1) is 12.8 Å². The van der Waals surface area contributed by atoms with Gasteiger partial charge in [0.25, 0.3) is 0 Å². The number of carboxylic acid groups (broad SMARTS) is 1. The van der Waals surface area contributed by atoms with E-state index in [-0.39, 0.29) is 12.6 Å². The largest absolute Gasteiger partial charge is 0.481 e. The minimum absolute atomic E-state index is 0.236. The Bertz CT molecular complexity index is 726. The SMILES string of the molecule is Cc1cc(NC(=O)N2CCC(C(=O)O)C2)nn1-c1ccccc1. The highest BCUT2D eigenvalue weighted by Crippen LogP contribution is 2.19. The van der Waals surface area contributed by atoms with Gasteiger partial charge in [0, 0.05) is 24.8 Å². The maximum absolute atomic E-state index is 12.2.